The van der Waals surface area contributed by atoms with Gasteiger partial charge in [0.15, 0.2) is 5.82 Å². The minimum atomic E-state index is 0.263. The summed E-state index contributed by atoms with van der Waals surface area (Å²) in [6.45, 7) is 2.42. The molecule has 0 fully saturated rings. The molecule has 0 radical (unpaired) electrons. The fraction of sp³-hybridized carbons (Fsp3) is 0.273. The van der Waals surface area contributed by atoms with Gasteiger partial charge in [-0.1, -0.05) is 42.5 Å². The average molecular weight is 388 g/mol. The van der Waals surface area contributed by atoms with Crippen LogP contribution in [-0.2, 0) is 13.1 Å². The molecular weight excluding hydrogens is 364 g/mol. The van der Waals surface area contributed by atoms with Crippen molar-refractivity contribution in [1.82, 2.24) is 15.4 Å². The predicted octanol–water partition coefficient (Wildman–Crippen LogP) is 3.48. The Morgan fingerprint density at radius 3 is 2.83 bits per heavy atom. The molecule has 2 aliphatic heterocycles. The van der Waals surface area contributed by atoms with Crippen molar-refractivity contribution >= 4 is 17.6 Å². The number of hydrazine groups is 1. The smallest absolute Gasteiger partial charge is 0.226 e. The molecule has 1 atom stereocenters. The molecule has 5 rings (SSSR count). The number of rotatable bonds is 6. The summed E-state index contributed by atoms with van der Waals surface area (Å²) in [7, 11) is 1.68. The number of ether oxygens (including phenoxy) is 1. The number of benzene rings is 2. The Balaban J connectivity index is 1.41. The predicted molar refractivity (Wildman–Crippen MR) is 114 cm³/mol. The van der Waals surface area contributed by atoms with Crippen LogP contribution in [0, 0.1) is 0 Å². The molecule has 2 aliphatic rings. The van der Waals surface area contributed by atoms with E-state index in [1.54, 1.807) is 7.11 Å². The summed E-state index contributed by atoms with van der Waals surface area (Å²) in [4.78, 5) is 11.9. The first-order valence-corrected chi connectivity index (χ1v) is 9.89. The molecule has 29 heavy (non-hydrogen) atoms. The molecule has 3 aromatic rings. The molecule has 7 nitrogen and oxygen atoms in total. The molecule has 7 heteroatoms. The van der Waals surface area contributed by atoms with Crippen LogP contribution in [0.1, 0.15) is 29.2 Å². The second-order valence-corrected chi connectivity index (χ2v) is 7.36. The number of anilines is 3. The summed E-state index contributed by atoms with van der Waals surface area (Å²) in [5.41, 5.74) is 10.1. The SMILES string of the molecule is COc1cccc(CNc2nc3c4c(n2)N(Cc2ccccc2)CCC4NN3)c1. The van der Waals surface area contributed by atoms with E-state index in [1.807, 2.05) is 24.3 Å². The van der Waals surface area contributed by atoms with Gasteiger partial charge < -0.3 is 20.4 Å². The molecule has 0 saturated heterocycles. The third kappa shape index (κ3) is 3.56. The van der Waals surface area contributed by atoms with E-state index in [9.17, 15) is 0 Å². The minimum Gasteiger partial charge on any atom is -0.497 e. The molecule has 0 amide bonds. The molecular formula is C22H24N6O. The zero-order chi connectivity index (χ0) is 19.6. The number of methoxy groups -OCH3 is 1. The fourth-order valence-electron chi connectivity index (χ4n) is 3.95. The maximum Gasteiger partial charge on any atom is 0.226 e. The highest BCUT2D eigenvalue weighted by atomic mass is 16.5. The topological polar surface area (TPSA) is 74.3 Å². The summed E-state index contributed by atoms with van der Waals surface area (Å²) >= 11 is 0. The lowest BCUT2D eigenvalue weighted by molar-refractivity contribution is 0.414. The number of nitrogens with one attached hydrogen (secondary N) is 3. The highest BCUT2D eigenvalue weighted by Gasteiger charge is 2.34. The summed E-state index contributed by atoms with van der Waals surface area (Å²) in [5, 5.41) is 3.37. The van der Waals surface area contributed by atoms with Crippen LogP contribution < -0.4 is 25.8 Å². The van der Waals surface area contributed by atoms with Crippen molar-refractivity contribution in [3.8, 4) is 5.75 Å². The van der Waals surface area contributed by atoms with E-state index in [0.29, 0.717) is 12.5 Å². The molecule has 148 valence electrons. The Hall–Kier alpha value is -3.32. The van der Waals surface area contributed by atoms with Crippen molar-refractivity contribution in [1.29, 1.82) is 0 Å². The van der Waals surface area contributed by atoms with Gasteiger partial charge >= 0.3 is 0 Å². The molecule has 0 aliphatic carbocycles. The quantitative estimate of drug-likeness (QED) is 0.597. The first kappa shape index (κ1) is 17.8. The molecule has 2 aromatic carbocycles. The third-order valence-electron chi connectivity index (χ3n) is 5.43. The van der Waals surface area contributed by atoms with Crippen molar-refractivity contribution in [2.45, 2.75) is 25.6 Å². The van der Waals surface area contributed by atoms with Crippen LogP contribution >= 0.6 is 0 Å². The monoisotopic (exact) mass is 388 g/mol. The van der Waals surface area contributed by atoms with Gasteiger partial charge in [0, 0.05) is 19.6 Å². The van der Waals surface area contributed by atoms with E-state index in [1.165, 1.54) is 11.1 Å². The highest BCUT2D eigenvalue weighted by molar-refractivity contribution is 5.67. The van der Waals surface area contributed by atoms with Gasteiger partial charge in [0.05, 0.1) is 18.7 Å². The van der Waals surface area contributed by atoms with Crippen LogP contribution in [0.3, 0.4) is 0 Å². The van der Waals surface area contributed by atoms with Crippen molar-refractivity contribution in [3.63, 3.8) is 0 Å². The molecule has 0 spiro atoms. The summed E-state index contributed by atoms with van der Waals surface area (Å²) < 4.78 is 5.31. The Kier molecular flexibility index (Phi) is 4.65. The van der Waals surface area contributed by atoms with Crippen molar-refractivity contribution < 1.29 is 4.74 Å². The third-order valence-corrected chi connectivity index (χ3v) is 5.43. The number of hydrogen-bond acceptors (Lipinski definition) is 7. The largest absolute Gasteiger partial charge is 0.497 e. The number of hydrogen-bond donors (Lipinski definition) is 3. The van der Waals surface area contributed by atoms with Gasteiger partial charge in [0.2, 0.25) is 5.95 Å². The zero-order valence-electron chi connectivity index (χ0n) is 16.4. The van der Waals surface area contributed by atoms with Crippen LogP contribution in [0.25, 0.3) is 0 Å². The summed E-state index contributed by atoms with van der Waals surface area (Å²) in [5.74, 6) is 3.33. The van der Waals surface area contributed by atoms with Crippen molar-refractivity contribution in [3.05, 3.63) is 71.3 Å². The average Bonchev–Trinajstić information content (AvgIpc) is 3.19. The molecule has 0 saturated carbocycles. The lowest BCUT2D eigenvalue weighted by atomic mass is 10.0. The Morgan fingerprint density at radius 2 is 1.97 bits per heavy atom. The van der Waals surface area contributed by atoms with Crippen LogP contribution in [0.4, 0.5) is 17.6 Å². The zero-order valence-corrected chi connectivity index (χ0v) is 16.4. The molecule has 0 bridgehead atoms. The Labute approximate surface area is 170 Å². The second kappa shape index (κ2) is 7.60. The van der Waals surface area contributed by atoms with Gasteiger partial charge in [0.25, 0.3) is 0 Å². The maximum atomic E-state index is 5.31. The lowest BCUT2D eigenvalue weighted by Gasteiger charge is -2.32. The highest BCUT2D eigenvalue weighted by Crippen LogP contribution is 2.41. The Morgan fingerprint density at radius 1 is 1.10 bits per heavy atom. The van der Waals surface area contributed by atoms with E-state index in [4.69, 9.17) is 14.7 Å². The van der Waals surface area contributed by atoms with E-state index >= 15 is 0 Å². The number of aromatic nitrogens is 2. The van der Waals surface area contributed by atoms with Crippen LogP contribution in [0.2, 0.25) is 0 Å². The van der Waals surface area contributed by atoms with Gasteiger partial charge in [-0.2, -0.15) is 9.97 Å². The van der Waals surface area contributed by atoms with E-state index in [0.717, 1.165) is 42.5 Å². The molecule has 1 unspecified atom stereocenters. The van der Waals surface area contributed by atoms with Gasteiger partial charge in [0.1, 0.15) is 11.6 Å². The molecule has 3 heterocycles. The lowest BCUT2D eigenvalue weighted by Crippen LogP contribution is -2.34. The van der Waals surface area contributed by atoms with Gasteiger partial charge in [-0.05, 0) is 29.7 Å². The van der Waals surface area contributed by atoms with E-state index in [-0.39, 0.29) is 6.04 Å². The normalized spacial score (nSPS) is 16.9. The number of nitrogens with zero attached hydrogens (tertiary/aromatic N) is 3. The van der Waals surface area contributed by atoms with Gasteiger partial charge in [-0.3, -0.25) is 0 Å². The van der Waals surface area contributed by atoms with Gasteiger partial charge in [-0.15, -0.1) is 0 Å². The fourth-order valence-corrected chi connectivity index (χ4v) is 3.95. The minimum absolute atomic E-state index is 0.263. The van der Waals surface area contributed by atoms with E-state index in [2.05, 4.69) is 51.4 Å². The Bertz CT molecular complexity index is 1010. The van der Waals surface area contributed by atoms with Gasteiger partial charge in [-0.25, -0.2) is 5.43 Å². The van der Waals surface area contributed by atoms with E-state index < -0.39 is 0 Å². The summed E-state index contributed by atoms with van der Waals surface area (Å²) in [6.07, 6.45) is 1.03. The first-order chi connectivity index (χ1) is 14.3. The van der Waals surface area contributed by atoms with Crippen molar-refractivity contribution in [2.24, 2.45) is 0 Å². The van der Waals surface area contributed by atoms with Crippen LogP contribution in [-0.4, -0.2) is 23.6 Å². The van der Waals surface area contributed by atoms with Crippen molar-refractivity contribution in [2.75, 3.05) is 29.3 Å². The molecule has 3 N–H and O–H groups in total. The first-order valence-electron chi connectivity index (χ1n) is 9.89. The maximum absolute atomic E-state index is 5.31. The van der Waals surface area contributed by atoms with Crippen LogP contribution in [0.15, 0.2) is 54.6 Å². The standard InChI is InChI=1S/C22H24N6O/c1-29-17-9-5-8-16(12-17)13-23-22-24-20-19-18(26-27-20)10-11-28(21(19)25-22)14-15-6-3-2-4-7-15/h2-9,12,18,26H,10-11,13-14H2,1H3,(H2,23,24,25,27). The second-order valence-electron chi connectivity index (χ2n) is 7.36. The van der Waals surface area contributed by atoms with Crippen LogP contribution in [0.5, 0.6) is 5.75 Å². The molecule has 1 aromatic heterocycles. The summed E-state index contributed by atoms with van der Waals surface area (Å²) in [6, 6.07) is 18.8.